The number of fused-ring (bicyclic) bond motifs is 1. The van der Waals surface area contributed by atoms with Crippen LogP contribution < -0.4 is 5.32 Å². The zero-order valence-corrected chi connectivity index (χ0v) is 20.1. The lowest BCUT2D eigenvalue weighted by Crippen LogP contribution is -2.36. The van der Waals surface area contributed by atoms with Crippen LogP contribution in [0.3, 0.4) is 0 Å². The third kappa shape index (κ3) is 4.11. The van der Waals surface area contributed by atoms with E-state index in [1.165, 1.54) is 23.3 Å². The number of aryl methyl sites for hydroxylation is 1. The van der Waals surface area contributed by atoms with E-state index in [4.69, 9.17) is 10.1 Å². The summed E-state index contributed by atoms with van der Waals surface area (Å²) in [4.78, 5) is 28.8. The molecule has 3 aromatic rings. The van der Waals surface area contributed by atoms with Crippen molar-refractivity contribution in [3.63, 3.8) is 0 Å². The molecule has 0 spiro atoms. The normalized spacial score (nSPS) is 18.8. The van der Waals surface area contributed by atoms with Gasteiger partial charge in [0.2, 0.25) is 11.1 Å². The van der Waals surface area contributed by atoms with Crippen molar-refractivity contribution in [3.05, 3.63) is 86.6 Å². The van der Waals surface area contributed by atoms with Crippen molar-refractivity contribution in [2.24, 2.45) is 5.41 Å². The standard InChI is InChI=1S/C25H25N5O3S/c1-15-6-4-5-7-17(15)14-34-24-27-23-26-19-12-25(2,3)13-20(31)21(19)22(29(23)28-24)16-8-10-18(11-9-16)30(32)33/h4-11,22H,12-14H2,1-3H3,(H,26,27,28)/t22-/m0/s1. The smallest absolute Gasteiger partial charge is 0.269 e. The summed E-state index contributed by atoms with van der Waals surface area (Å²) < 4.78 is 1.75. The minimum atomic E-state index is -0.476. The fourth-order valence-corrected chi connectivity index (χ4v) is 5.56. The third-order valence-corrected chi connectivity index (χ3v) is 7.24. The molecule has 0 amide bonds. The molecular weight excluding hydrogens is 450 g/mol. The SMILES string of the molecule is Cc1ccccc1CSc1nc2n(n1)[C@@H](c1ccc([N+](=O)[O-])cc1)C1=C(CC(C)(C)CC1=O)N2. The molecule has 1 aromatic heterocycles. The minimum absolute atomic E-state index is 0.0104. The number of Topliss-reactive ketones (excluding diaryl/α,β-unsaturated/α-hetero) is 1. The Balaban J connectivity index is 1.54. The van der Waals surface area contributed by atoms with Crippen LogP contribution in [0.2, 0.25) is 0 Å². The summed E-state index contributed by atoms with van der Waals surface area (Å²) in [5.74, 6) is 1.38. The van der Waals surface area contributed by atoms with Crippen LogP contribution in [0.4, 0.5) is 11.6 Å². The lowest BCUT2D eigenvalue weighted by Gasteiger charge is -2.38. The Morgan fingerprint density at radius 1 is 1.18 bits per heavy atom. The number of anilines is 1. The molecule has 0 radical (unpaired) electrons. The summed E-state index contributed by atoms with van der Waals surface area (Å²) in [6, 6.07) is 14.1. The number of nitrogens with one attached hydrogen (secondary N) is 1. The second-order valence-electron chi connectivity index (χ2n) is 9.59. The van der Waals surface area contributed by atoms with Gasteiger partial charge >= 0.3 is 0 Å². The van der Waals surface area contributed by atoms with Crippen LogP contribution in [-0.4, -0.2) is 25.5 Å². The van der Waals surface area contributed by atoms with Crippen molar-refractivity contribution in [1.82, 2.24) is 14.8 Å². The summed E-state index contributed by atoms with van der Waals surface area (Å²) >= 11 is 1.54. The van der Waals surface area contributed by atoms with E-state index in [-0.39, 0.29) is 16.9 Å². The van der Waals surface area contributed by atoms with Gasteiger partial charge in [-0.3, -0.25) is 14.9 Å². The number of nitro benzene ring substituents is 1. The van der Waals surface area contributed by atoms with Crippen LogP contribution in [0.5, 0.6) is 0 Å². The van der Waals surface area contributed by atoms with Crippen LogP contribution in [0.15, 0.2) is 65.0 Å². The van der Waals surface area contributed by atoms with Crippen LogP contribution in [0.1, 0.15) is 49.4 Å². The number of ketones is 1. The summed E-state index contributed by atoms with van der Waals surface area (Å²) in [7, 11) is 0. The lowest BCUT2D eigenvalue weighted by atomic mass is 9.73. The molecule has 1 N–H and O–H groups in total. The predicted octanol–water partition coefficient (Wildman–Crippen LogP) is 5.45. The van der Waals surface area contributed by atoms with E-state index in [0.717, 1.165) is 23.4 Å². The Morgan fingerprint density at radius 2 is 1.91 bits per heavy atom. The van der Waals surface area contributed by atoms with Crippen molar-refractivity contribution in [2.45, 2.75) is 50.6 Å². The second-order valence-corrected chi connectivity index (χ2v) is 10.5. The van der Waals surface area contributed by atoms with Gasteiger partial charge in [0.15, 0.2) is 5.78 Å². The summed E-state index contributed by atoms with van der Waals surface area (Å²) in [5, 5.41) is 19.9. The molecule has 0 bridgehead atoms. The van der Waals surface area contributed by atoms with Crippen molar-refractivity contribution >= 4 is 29.2 Å². The van der Waals surface area contributed by atoms with Gasteiger partial charge in [-0.05, 0) is 47.6 Å². The quantitative estimate of drug-likeness (QED) is 0.297. The van der Waals surface area contributed by atoms with E-state index in [0.29, 0.717) is 23.1 Å². The number of nitro groups is 1. The first-order valence-electron chi connectivity index (χ1n) is 11.1. The Kier molecular flexibility index (Phi) is 5.51. The number of carbonyl (C=O) groups is 1. The number of allylic oxidation sites excluding steroid dienone is 2. The Hall–Kier alpha value is -3.46. The average Bonchev–Trinajstić information content (AvgIpc) is 3.19. The van der Waals surface area contributed by atoms with Crippen LogP contribution in [0.25, 0.3) is 0 Å². The molecule has 1 aliphatic heterocycles. The maximum Gasteiger partial charge on any atom is 0.269 e. The number of thioether (sulfide) groups is 1. The number of aromatic nitrogens is 3. The van der Waals surface area contributed by atoms with E-state index >= 15 is 0 Å². The van der Waals surface area contributed by atoms with Gasteiger partial charge in [0.05, 0.1) is 4.92 Å². The highest BCUT2D eigenvalue weighted by Gasteiger charge is 2.42. The molecule has 0 unspecified atom stereocenters. The molecule has 174 valence electrons. The van der Waals surface area contributed by atoms with Gasteiger partial charge < -0.3 is 5.32 Å². The fraction of sp³-hybridized carbons (Fsp3) is 0.320. The molecule has 0 saturated carbocycles. The number of hydrogen-bond donors (Lipinski definition) is 1. The summed E-state index contributed by atoms with van der Waals surface area (Å²) in [6.45, 7) is 6.25. The first kappa shape index (κ1) is 22.3. The minimum Gasteiger partial charge on any atom is -0.328 e. The molecule has 2 aromatic carbocycles. The molecule has 34 heavy (non-hydrogen) atoms. The molecule has 1 aliphatic carbocycles. The zero-order chi connectivity index (χ0) is 24.0. The maximum absolute atomic E-state index is 13.3. The van der Waals surface area contributed by atoms with E-state index in [1.807, 2.05) is 12.1 Å². The number of hydrogen-bond acceptors (Lipinski definition) is 7. The van der Waals surface area contributed by atoms with Crippen LogP contribution in [-0.2, 0) is 10.5 Å². The van der Waals surface area contributed by atoms with Gasteiger partial charge in [-0.1, -0.05) is 49.9 Å². The van der Waals surface area contributed by atoms with E-state index in [2.05, 4.69) is 38.2 Å². The Bertz CT molecular complexity index is 1330. The first-order valence-corrected chi connectivity index (χ1v) is 12.1. The zero-order valence-electron chi connectivity index (χ0n) is 19.2. The van der Waals surface area contributed by atoms with Crippen LogP contribution >= 0.6 is 11.8 Å². The van der Waals surface area contributed by atoms with Gasteiger partial charge in [0.25, 0.3) is 5.69 Å². The monoisotopic (exact) mass is 475 g/mol. The highest BCUT2D eigenvalue weighted by Crippen LogP contribution is 2.45. The molecular formula is C25H25N5O3S. The summed E-state index contributed by atoms with van der Waals surface area (Å²) in [5.41, 5.74) is 4.58. The third-order valence-electron chi connectivity index (χ3n) is 6.35. The molecule has 5 rings (SSSR count). The number of benzene rings is 2. The molecule has 2 heterocycles. The molecule has 1 atom stereocenters. The van der Waals surface area contributed by atoms with Gasteiger partial charge in [-0.2, -0.15) is 4.98 Å². The van der Waals surface area contributed by atoms with Crippen LogP contribution in [0, 0.1) is 22.5 Å². The Morgan fingerprint density at radius 3 is 2.62 bits per heavy atom. The number of non-ortho nitro benzene ring substituents is 1. The van der Waals surface area contributed by atoms with Crippen molar-refractivity contribution in [1.29, 1.82) is 0 Å². The molecule has 0 fully saturated rings. The molecule has 2 aliphatic rings. The van der Waals surface area contributed by atoms with E-state index < -0.39 is 11.0 Å². The van der Waals surface area contributed by atoms with Gasteiger partial charge in [-0.25, -0.2) is 4.68 Å². The highest BCUT2D eigenvalue weighted by molar-refractivity contribution is 7.98. The van der Waals surface area contributed by atoms with Gasteiger partial charge in [0, 0.05) is 35.6 Å². The van der Waals surface area contributed by atoms with Crippen molar-refractivity contribution in [2.75, 3.05) is 5.32 Å². The highest BCUT2D eigenvalue weighted by atomic mass is 32.2. The number of nitrogens with zero attached hydrogens (tertiary/aromatic N) is 4. The fourth-order valence-electron chi connectivity index (χ4n) is 4.65. The van der Waals surface area contributed by atoms with E-state index in [1.54, 1.807) is 28.6 Å². The largest absolute Gasteiger partial charge is 0.328 e. The molecule has 9 heteroatoms. The number of rotatable bonds is 5. The number of carbonyl (C=O) groups excluding carboxylic acids is 1. The lowest BCUT2D eigenvalue weighted by molar-refractivity contribution is -0.384. The summed E-state index contributed by atoms with van der Waals surface area (Å²) in [6.07, 6.45) is 1.16. The molecule has 0 saturated heterocycles. The Labute approximate surface area is 201 Å². The van der Waals surface area contributed by atoms with Gasteiger partial charge in [0.1, 0.15) is 6.04 Å². The predicted molar refractivity (Wildman–Crippen MR) is 131 cm³/mol. The first-order chi connectivity index (χ1) is 16.2. The molecule has 8 nitrogen and oxygen atoms in total. The van der Waals surface area contributed by atoms with E-state index in [9.17, 15) is 14.9 Å². The van der Waals surface area contributed by atoms with Gasteiger partial charge in [-0.15, -0.1) is 5.10 Å². The topological polar surface area (TPSA) is 103 Å². The average molecular weight is 476 g/mol. The second kappa shape index (κ2) is 8.39. The van der Waals surface area contributed by atoms with Crippen molar-refractivity contribution < 1.29 is 9.72 Å². The maximum atomic E-state index is 13.3. The van der Waals surface area contributed by atoms with Crippen molar-refractivity contribution in [3.8, 4) is 0 Å².